The number of benzene rings is 2. The van der Waals surface area contributed by atoms with E-state index < -0.39 is 6.10 Å². The van der Waals surface area contributed by atoms with Gasteiger partial charge in [-0.25, -0.2) is 0 Å². The number of hydrogen-bond acceptors (Lipinski definition) is 4. The predicted octanol–water partition coefficient (Wildman–Crippen LogP) is 3.32. The number of rotatable bonds is 6. The lowest BCUT2D eigenvalue weighted by atomic mass is 9.88. The van der Waals surface area contributed by atoms with Crippen molar-refractivity contribution < 1.29 is 14.6 Å². The van der Waals surface area contributed by atoms with Crippen molar-refractivity contribution in [2.75, 3.05) is 26.7 Å². The minimum absolute atomic E-state index is 0.0681. The average Bonchev–Trinajstić information content (AvgIpc) is 2.69. The van der Waals surface area contributed by atoms with E-state index in [2.05, 4.69) is 4.90 Å². The highest BCUT2D eigenvalue weighted by atomic mass is 16.5. The summed E-state index contributed by atoms with van der Waals surface area (Å²) >= 11 is 0. The highest BCUT2D eigenvalue weighted by Gasteiger charge is 2.26. The number of Topliss-reactive ketones (excluding diaryl/α,β-unsaturated/α-hetero) is 1. The third-order valence-corrected chi connectivity index (χ3v) is 4.95. The zero-order valence-corrected chi connectivity index (χ0v) is 14.6. The molecule has 25 heavy (non-hydrogen) atoms. The Morgan fingerprint density at radius 1 is 1.12 bits per heavy atom. The molecule has 0 unspecified atom stereocenters. The zero-order valence-electron chi connectivity index (χ0n) is 14.6. The van der Waals surface area contributed by atoms with Crippen LogP contribution in [0.25, 0.3) is 0 Å². The van der Waals surface area contributed by atoms with Crippen LogP contribution in [0.4, 0.5) is 0 Å². The Balaban J connectivity index is 1.51. The van der Waals surface area contributed by atoms with E-state index in [1.807, 2.05) is 54.6 Å². The first kappa shape index (κ1) is 17.6. The van der Waals surface area contributed by atoms with Crippen LogP contribution in [0, 0.1) is 5.92 Å². The topological polar surface area (TPSA) is 49.8 Å². The SMILES string of the molecule is COc1ccc(C(=O)C2CCN(C[C@@H](O)c3ccccc3)CC2)cc1. The third kappa shape index (κ3) is 4.47. The lowest BCUT2D eigenvalue weighted by Gasteiger charge is -2.32. The number of carbonyl (C=O) groups excluding carboxylic acids is 1. The van der Waals surface area contributed by atoms with Gasteiger partial charge in [0.05, 0.1) is 13.2 Å². The molecule has 0 aliphatic carbocycles. The molecule has 0 amide bonds. The quantitative estimate of drug-likeness (QED) is 0.820. The molecule has 4 heteroatoms. The van der Waals surface area contributed by atoms with E-state index in [4.69, 9.17) is 4.74 Å². The summed E-state index contributed by atoms with van der Waals surface area (Å²) in [5.74, 6) is 1.05. The molecule has 1 N–H and O–H groups in total. The fourth-order valence-electron chi connectivity index (χ4n) is 3.39. The summed E-state index contributed by atoms with van der Waals surface area (Å²) in [7, 11) is 1.62. The standard InChI is InChI=1S/C21H25NO3/c1-25-19-9-7-17(8-10-19)21(24)18-11-13-22(14-12-18)15-20(23)16-5-3-2-4-6-16/h2-10,18,20,23H,11-15H2,1H3/t20-/m1/s1. The minimum Gasteiger partial charge on any atom is -0.497 e. The van der Waals surface area contributed by atoms with Crippen molar-refractivity contribution in [3.63, 3.8) is 0 Å². The molecule has 0 saturated carbocycles. The van der Waals surface area contributed by atoms with Crippen LogP contribution in [0.3, 0.4) is 0 Å². The Morgan fingerprint density at radius 2 is 1.76 bits per heavy atom. The fourth-order valence-corrected chi connectivity index (χ4v) is 3.39. The summed E-state index contributed by atoms with van der Waals surface area (Å²) in [6.45, 7) is 2.31. The molecule has 1 atom stereocenters. The predicted molar refractivity (Wildman–Crippen MR) is 97.9 cm³/mol. The normalized spacial score (nSPS) is 17.2. The largest absolute Gasteiger partial charge is 0.497 e. The third-order valence-electron chi connectivity index (χ3n) is 4.95. The summed E-state index contributed by atoms with van der Waals surface area (Å²) in [5.41, 5.74) is 1.70. The van der Waals surface area contributed by atoms with E-state index in [1.165, 1.54) is 0 Å². The lowest BCUT2D eigenvalue weighted by Crippen LogP contribution is -2.38. The fraction of sp³-hybridized carbons (Fsp3) is 0.381. The zero-order chi connectivity index (χ0) is 17.6. The molecule has 4 nitrogen and oxygen atoms in total. The number of ether oxygens (including phenoxy) is 1. The first-order chi connectivity index (χ1) is 12.2. The van der Waals surface area contributed by atoms with Crippen molar-refractivity contribution >= 4 is 5.78 Å². The first-order valence-electron chi connectivity index (χ1n) is 8.81. The van der Waals surface area contributed by atoms with E-state index in [-0.39, 0.29) is 11.7 Å². The second-order valence-electron chi connectivity index (χ2n) is 6.59. The van der Waals surface area contributed by atoms with Crippen LogP contribution in [0.2, 0.25) is 0 Å². The van der Waals surface area contributed by atoms with Gasteiger partial charge in [0, 0.05) is 18.0 Å². The molecule has 3 rings (SSSR count). The van der Waals surface area contributed by atoms with Crippen LogP contribution < -0.4 is 4.74 Å². The van der Waals surface area contributed by atoms with Crippen molar-refractivity contribution in [3.05, 3.63) is 65.7 Å². The van der Waals surface area contributed by atoms with Crippen molar-refractivity contribution in [1.29, 1.82) is 0 Å². The maximum absolute atomic E-state index is 12.6. The highest BCUT2D eigenvalue weighted by Crippen LogP contribution is 2.24. The van der Waals surface area contributed by atoms with Crippen LogP contribution >= 0.6 is 0 Å². The van der Waals surface area contributed by atoms with Crippen LogP contribution in [0.15, 0.2) is 54.6 Å². The molecule has 2 aromatic carbocycles. The van der Waals surface area contributed by atoms with Crippen LogP contribution in [-0.2, 0) is 0 Å². The Morgan fingerprint density at radius 3 is 2.36 bits per heavy atom. The maximum Gasteiger partial charge on any atom is 0.166 e. The molecule has 0 aromatic heterocycles. The molecule has 1 fully saturated rings. The number of methoxy groups -OCH3 is 1. The summed E-state index contributed by atoms with van der Waals surface area (Å²) in [6.07, 6.45) is 1.20. The minimum atomic E-state index is -0.477. The van der Waals surface area contributed by atoms with Crippen molar-refractivity contribution in [2.45, 2.75) is 18.9 Å². The van der Waals surface area contributed by atoms with E-state index in [9.17, 15) is 9.90 Å². The second-order valence-corrected chi connectivity index (χ2v) is 6.59. The second kappa shape index (κ2) is 8.28. The molecule has 1 heterocycles. The molecule has 0 spiro atoms. The van der Waals surface area contributed by atoms with Crippen molar-refractivity contribution in [3.8, 4) is 5.75 Å². The van der Waals surface area contributed by atoms with Gasteiger partial charge in [-0.05, 0) is 55.8 Å². The molecule has 132 valence electrons. The van der Waals surface area contributed by atoms with Gasteiger partial charge in [0.2, 0.25) is 0 Å². The van der Waals surface area contributed by atoms with Gasteiger partial charge >= 0.3 is 0 Å². The Labute approximate surface area is 149 Å². The van der Waals surface area contributed by atoms with Gasteiger partial charge in [-0.15, -0.1) is 0 Å². The van der Waals surface area contributed by atoms with Crippen molar-refractivity contribution in [2.24, 2.45) is 5.92 Å². The maximum atomic E-state index is 12.6. The number of hydrogen-bond donors (Lipinski definition) is 1. The van der Waals surface area contributed by atoms with Crippen LogP contribution in [0.1, 0.15) is 34.9 Å². The number of likely N-dealkylation sites (tertiary alicyclic amines) is 1. The monoisotopic (exact) mass is 339 g/mol. The van der Waals surface area contributed by atoms with Gasteiger partial charge < -0.3 is 14.7 Å². The first-order valence-corrected chi connectivity index (χ1v) is 8.81. The molecule has 1 saturated heterocycles. The number of nitrogens with zero attached hydrogens (tertiary/aromatic N) is 1. The van der Waals surface area contributed by atoms with Gasteiger partial charge in [0.25, 0.3) is 0 Å². The average molecular weight is 339 g/mol. The van der Waals surface area contributed by atoms with E-state index >= 15 is 0 Å². The molecular weight excluding hydrogens is 314 g/mol. The van der Waals surface area contributed by atoms with Crippen LogP contribution in [-0.4, -0.2) is 42.5 Å². The van der Waals surface area contributed by atoms with Gasteiger partial charge in [0.15, 0.2) is 5.78 Å². The van der Waals surface area contributed by atoms with Gasteiger partial charge in [0.1, 0.15) is 5.75 Å². The number of aliphatic hydroxyl groups is 1. The smallest absolute Gasteiger partial charge is 0.166 e. The number of ketones is 1. The van der Waals surface area contributed by atoms with E-state index in [0.29, 0.717) is 6.54 Å². The lowest BCUT2D eigenvalue weighted by molar-refractivity contribution is 0.0727. The van der Waals surface area contributed by atoms with Crippen molar-refractivity contribution in [1.82, 2.24) is 4.90 Å². The van der Waals surface area contributed by atoms with Crippen LogP contribution in [0.5, 0.6) is 5.75 Å². The Kier molecular flexibility index (Phi) is 5.84. The molecule has 0 radical (unpaired) electrons. The summed E-state index contributed by atoms with van der Waals surface area (Å²) in [6, 6.07) is 17.1. The molecule has 1 aliphatic heterocycles. The summed E-state index contributed by atoms with van der Waals surface area (Å²) in [4.78, 5) is 14.9. The molecule has 1 aliphatic rings. The number of aliphatic hydroxyl groups excluding tert-OH is 1. The van der Waals surface area contributed by atoms with Gasteiger partial charge in [-0.1, -0.05) is 30.3 Å². The molecular formula is C21H25NO3. The Bertz CT molecular complexity index is 676. The number of piperidine rings is 1. The Hall–Kier alpha value is -2.17. The summed E-state index contributed by atoms with van der Waals surface area (Å²) in [5, 5.41) is 10.4. The van der Waals surface area contributed by atoms with E-state index in [1.54, 1.807) is 7.11 Å². The molecule has 2 aromatic rings. The van der Waals surface area contributed by atoms with E-state index in [0.717, 1.165) is 42.8 Å². The van der Waals surface area contributed by atoms with Gasteiger partial charge in [-0.2, -0.15) is 0 Å². The molecule has 0 bridgehead atoms. The van der Waals surface area contributed by atoms with Gasteiger partial charge in [-0.3, -0.25) is 4.79 Å². The number of β-amino-alcohol motifs (C(OH)–C–C–N with tert-alkyl or cyclic N) is 1. The number of carbonyl (C=O) groups is 1. The highest BCUT2D eigenvalue weighted by molar-refractivity contribution is 5.98. The summed E-state index contributed by atoms with van der Waals surface area (Å²) < 4.78 is 5.14.